The van der Waals surface area contributed by atoms with E-state index in [0.29, 0.717) is 28.4 Å². The van der Waals surface area contributed by atoms with Crippen LogP contribution in [0.15, 0.2) is 108 Å². The van der Waals surface area contributed by atoms with Gasteiger partial charge in [0.25, 0.3) is 0 Å². The van der Waals surface area contributed by atoms with Crippen LogP contribution in [0.5, 0.6) is 17.2 Å². The predicted octanol–water partition coefficient (Wildman–Crippen LogP) is 5.03. The first-order valence-corrected chi connectivity index (χ1v) is 16.9. The predicted molar refractivity (Wildman–Crippen MR) is 190 cm³/mol. The lowest BCUT2D eigenvalue weighted by Crippen LogP contribution is -2.31. The van der Waals surface area contributed by atoms with Crippen LogP contribution in [0, 0.1) is 0 Å². The molecule has 6 aromatic rings. The summed E-state index contributed by atoms with van der Waals surface area (Å²) in [5, 5.41) is 12.6. The van der Waals surface area contributed by atoms with Crippen molar-refractivity contribution in [2.24, 2.45) is 0 Å². The lowest BCUT2D eigenvalue weighted by molar-refractivity contribution is 0.397. The number of tetrazole rings is 1. The first-order valence-electron chi connectivity index (χ1n) is 15.5. The molecule has 0 aliphatic heterocycles. The fraction of sp³-hybridized carbons (Fsp3) is 0.167. The summed E-state index contributed by atoms with van der Waals surface area (Å²) in [5.74, 6) is 2.42. The topological polar surface area (TPSA) is 174 Å². The molecule has 0 amide bonds. The van der Waals surface area contributed by atoms with E-state index in [2.05, 4.69) is 20.5 Å². The number of rotatable bonds is 13. The number of pyridine rings is 1. The van der Waals surface area contributed by atoms with Crippen molar-refractivity contribution in [1.82, 2.24) is 29.5 Å². The second-order valence-electron chi connectivity index (χ2n) is 11.4. The van der Waals surface area contributed by atoms with Crippen molar-refractivity contribution in [2.75, 3.05) is 32.8 Å². The summed E-state index contributed by atoms with van der Waals surface area (Å²) in [6.45, 7) is 0.383. The minimum atomic E-state index is -4.26. The van der Waals surface area contributed by atoms with Crippen molar-refractivity contribution in [1.29, 1.82) is 0 Å². The molecule has 14 heteroatoms. The molecule has 2 aromatic heterocycles. The smallest absolute Gasteiger partial charge is 0.244 e. The summed E-state index contributed by atoms with van der Waals surface area (Å²) >= 11 is 0. The third kappa shape index (κ3) is 7.21. The molecule has 0 atom stereocenters. The van der Waals surface area contributed by atoms with E-state index < -0.39 is 10.0 Å². The standard InChI is InChI=1S/C36H36N8O5S/c1-47-28-13-7-24(8-14-28)21-43(22-25-9-15-29(48-2)16-10-25)50(45,46)33-6-4-5-31(27-19-32(37)35(38)39-20-27)34(33)36-40-41-42-44(36)23-26-11-17-30(49-3)18-12-26/h4-20H,21-23,37H2,1-3H3,(H2,38,39). The van der Waals surface area contributed by atoms with Gasteiger partial charge in [-0.3, -0.25) is 0 Å². The number of ether oxygens (including phenoxy) is 3. The zero-order valence-electron chi connectivity index (χ0n) is 27.7. The summed E-state index contributed by atoms with van der Waals surface area (Å²) in [6.07, 6.45) is 1.55. The first kappa shape index (κ1) is 33.9. The second-order valence-corrected chi connectivity index (χ2v) is 13.3. The molecule has 0 aliphatic carbocycles. The van der Waals surface area contributed by atoms with Gasteiger partial charge in [0.1, 0.15) is 23.1 Å². The highest BCUT2D eigenvalue weighted by Gasteiger charge is 2.32. The molecule has 0 radical (unpaired) electrons. The third-order valence-corrected chi connectivity index (χ3v) is 10.0. The monoisotopic (exact) mass is 692 g/mol. The molecule has 6 rings (SSSR count). The number of nitrogens with two attached hydrogens (primary N) is 2. The normalized spacial score (nSPS) is 11.4. The number of anilines is 2. The SMILES string of the molecule is COc1ccc(CN(Cc2ccc(OC)cc2)S(=O)(=O)c2cccc(-c3cnc(N)c(N)c3)c2-c2nnnn2Cc2ccc(OC)cc2)cc1. The van der Waals surface area contributed by atoms with Crippen molar-refractivity contribution in [3.63, 3.8) is 0 Å². The highest BCUT2D eigenvalue weighted by molar-refractivity contribution is 7.89. The van der Waals surface area contributed by atoms with Crippen LogP contribution in [0.2, 0.25) is 0 Å². The molecular weight excluding hydrogens is 657 g/mol. The lowest BCUT2D eigenvalue weighted by Gasteiger charge is -2.25. The molecule has 13 nitrogen and oxygen atoms in total. The Bertz CT molecular complexity index is 2140. The Morgan fingerprint density at radius 3 is 1.80 bits per heavy atom. The summed E-state index contributed by atoms with van der Waals surface area (Å²) < 4.78 is 49.1. The van der Waals surface area contributed by atoms with Crippen LogP contribution in [-0.4, -0.2) is 59.2 Å². The van der Waals surface area contributed by atoms with Crippen LogP contribution in [0.25, 0.3) is 22.5 Å². The molecule has 0 fully saturated rings. The summed E-state index contributed by atoms with van der Waals surface area (Å²) in [4.78, 5) is 4.25. The number of benzene rings is 4. The lowest BCUT2D eigenvalue weighted by atomic mass is 10.00. The maximum atomic E-state index is 15.1. The van der Waals surface area contributed by atoms with Gasteiger partial charge in [0.2, 0.25) is 10.0 Å². The van der Waals surface area contributed by atoms with Crippen LogP contribution in [0.1, 0.15) is 16.7 Å². The molecule has 256 valence electrons. The average Bonchev–Trinajstić information content (AvgIpc) is 3.60. The molecule has 4 aromatic carbocycles. The van der Waals surface area contributed by atoms with Gasteiger partial charge in [0.05, 0.1) is 38.5 Å². The van der Waals surface area contributed by atoms with E-state index in [1.165, 1.54) is 4.31 Å². The summed E-state index contributed by atoms with van der Waals surface area (Å²) in [7, 11) is 0.492. The molecule has 0 unspecified atom stereocenters. The van der Waals surface area contributed by atoms with Crippen molar-refractivity contribution in [3.05, 3.63) is 120 Å². The van der Waals surface area contributed by atoms with E-state index in [4.69, 9.17) is 25.7 Å². The quantitative estimate of drug-likeness (QED) is 0.166. The average molecular weight is 693 g/mol. The molecule has 0 aliphatic rings. The van der Waals surface area contributed by atoms with Gasteiger partial charge >= 0.3 is 0 Å². The van der Waals surface area contributed by atoms with E-state index in [-0.39, 0.29) is 47.4 Å². The molecule has 4 N–H and O–H groups in total. The molecule has 50 heavy (non-hydrogen) atoms. The fourth-order valence-electron chi connectivity index (χ4n) is 5.49. The van der Waals surface area contributed by atoms with Crippen LogP contribution < -0.4 is 25.7 Å². The summed E-state index contributed by atoms with van der Waals surface area (Å²) in [6, 6.07) is 28.7. The zero-order chi connectivity index (χ0) is 35.3. The highest BCUT2D eigenvalue weighted by atomic mass is 32.2. The van der Waals surface area contributed by atoms with Crippen molar-refractivity contribution >= 4 is 21.5 Å². The maximum Gasteiger partial charge on any atom is 0.244 e. The first-order chi connectivity index (χ1) is 24.2. The second kappa shape index (κ2) is 14.6. The molecule has 0 saturated carbocycles. The Kier molecular flexibility index (Phi) is 9.92. The van der Waals surface area contributed by atoms with Crippen molar-refractivity contribution in [3.8, 4) is 39.8 Å². The Hall–Kier alpha value is -5.99. The minimum absolute atomic E-state index is 0.00167. The molecule has 0 bridgehead atoms. The number of methoxy groups -OCH3 is 3. The fourth-order valence-corrected chi connectivity index (χ4v) is 7.11. The Labute approximate surface area is 290 Å². The van der Waals surface area contributed by atoms with Gasteiger partial charge in [-0.2, -0.15) is 4.31 Å². The molecular formula is C36H36N8O5S. The number of nitrogens with zero attached hydrogens (tertiary/aromatic N) is 6. The third-order valence-electron chi connectivity index (χ3n) is 8.19. The Morgan fingerprint density at radius 2 is 1.28 bits per heavy atom. The Balaban J connectivity index is 1.51. The van der Waals surface area contributed by atoms with E-state index in [0.717, 1.165) is 16.7 Å². The van der Waals surface area contributed by atoms with Gasteiger partial charge in [-0.15, -0.1) is 5.10 Å². The van der Waals surface area contributed by atoms with E-state index in [9.17, 15) is 0 Å². The number of hydrogen-bond donors (Lipinski definition) is 2. The molecule has 0 saturated heterocycles. The van der Waals surface area contributed by atoms with Crippen molar-refractivity contribution < 1.29 is 22.6 Å². The zero-order valence-corrected chi connectivity index (χ0v) is 28.5. The maximum absolute atomic E-state index is 15.1. The van der Waals surface area contributed by atoms with Crippen LogP contribution in [0.4, 0.5) is 11.5 Å². The minimum Gasteiger partial charge on any atom is -0.497 e. The number of sulfonamides is 1. The van der Waals surface area contributed by atoms with Gasteiger partial charge in [-0.25, -0.2) is 18.1 Å². The van der Waals surface area contributed by atoms with Crippen LogP contribution in [-0.2, 0) is 29.7 Å². The van der Waals surface area contributed by atoms with Gasteiger partial charge in [-0.1, -0.05) is 48.5 Å². The molecule has 0 spiro atoms. The van der Waals surface area contributed by atoms with Gasteiger partial charge in [-0.05, 0) is 81.2 Å². The number of nitrogen functional groups attached to an aromatic ring is 2. The van der Waals surface area contributed by atoms with Gasteiger partial charge < -0.3 is 25.7 Å². The van der Waals surface area contributed by atoms with Gasteiger partial charge in [0.15, 0.2) is 5.82 Å². The van der Waals surface area contributed by atoms with Gasteiger partial charge in [0, 0.05) is 30.4 Å². The Morgan fingerprint density at radius 1 is 0.740 bits per heavy atom. The number of hydrogen-bond acceptors (Lipinski definition) is 11. The van der Waals surface area contributed by atoms with Crippen molar-refractivity contribution in [2.45, 2.75) is 24.5 Å². The summed E-state index contributed by atoms with van der Waals surface area (Å²) in [5.41, 5.74) is 16.1. The highest BCUT2D eigenvalue weighted by Crippen LogP contribution is 2.39. The van der Waals surface area contributed by atoms with Crippen LogP contribution in [0.3, 0.4) is 0 Å². The van der Waals surface area contributed by atoms with Crippen LogP contribution >= 0.6 is 0 Å². The molecule has 2 heterocycles. The largest absolute Gasteiger partial charge is 0.497 e. The number of aromatic nitrogens is 5. The van der Waals surface area contributed by atoms with E-state index >= 15 is 8.42 Å². The van der Waals surface area contributed by atoms with E-state index in [1.54, 1.807) is 80.7 Å². The van der Waals surface area contributed by atoms with E-state index in [1.807, 2.05) is 48.5 Å².